The van der Waals surface area contributed by atoms with Crippen LogP contribution in [-0.4, -0.2) is 29.3 Å². The average molecular weight is 184 g/mol. The molecule has 0 heterocycles. The Morgan fingerprint density at radius 1 is 1.00 bits per heavy atom. The second kappa shape index (κ2) is 3.27. The number of carbonyl (C=O) groups excluding carboxylic acids is 2. The number of hydrogen-bond acceptors (Lipinski definition) is 6. The van der Waals surface area contributed by atoms with E-state index < -0.39 is 20.3 Å². The second-order valence-electron chi connectivity index (χ2n) is 1.30. The Bertz CT molecular complexity index is 244. The van der Waals surface area contributed by atoms with Gasteiger partial charge in [-0.05, 0) is 0 Å². The van der Waals surface area contributed by atoms with Gasteiger partial charge in [0.2, 0.25) is 0 Å². The lowest BCUT2D eigenvalue weighted by molar-refractivity contribution is 0.173. The summed E-state index contributed by atoms with van der Waals surface area (Å²) in [5.74, 6) is 0. The van der Waals surface area contributed by atoms with E-state index in [0.29, 0.717) is 0 Å². The Morgan fingerprint density at radius 2 is 1.27 bits per heavy atom. The number of carbonyl (C=O) groups is 2. The highest BCUT2D eigenvalue weighted by molar-refractivity contribution is 8.18. The summed E-state index contributed by atoms with van der Waals surface area (Å²) in [5, 5.41) is 11.7. The summed E-state index contributed by atoms with van der Waals surface area (Å²) in [6, 6.07) is 0. The van der Waals surface area contributed by atoms with Crippen molar-refractivity contribution in [3.63, 3.8) is 0 Å². The highest BCUT2D eigenvalue weighted by atomic mass is 32.2. The van der Waals surface area contributed by atoms with Crippen LogP contribution in [0.15, 0.2) is 0 Å². The molecule has 64 valence electrons. The Morgan fingerprint density at radius 3 is 1.45 bits per heavy atom. The van der Waals surface area contributed by atoms with Crippen molar-refractivity contribution in [2.24, 2.45) is 0 Å². The van der Waals surface area contributed by atoms with Crippen LogP contribution < -0.4 is 11.0 Å². The number of rotatable bonds is 0. The van der Waals surface area contributed by atoms with Gasteiger partial charge in [0, 0.05) is 0 Å². The molecule has 0 aliphatic carbocycles. The lowest BCUT2D eigenvalue weighted by Gasteiger charge is -1.96. The standard InChI is InChI=1S/C2H4N2O6S/c5-1(3-7)11(9,10)2(6)4-8/h7-8H,(H,3,5)(H,4,6). The summed E-state index contributed by atoms with van der Waals surface area (Å²) in [4.78, 5) is 20.2. The van der Waals surface area contributed by atoms with Gasteiger partial charge >= 0.3 is 20.3 Å². The second-order valence-corrected chi connectivity index (χ2v) is 3.05. The predicted molar refractivity (Wildman–Crippen MR) is 29.6 cm³/mol. The molecule has 0 saturated heterocycles. The van der Waals surface area contributed by atoms with Gasteiger partial charge in [0.15, 0.2) is 0 Å². The molecule has 2 amide bonds. The van der Waals surface area contributed by atoms with E-state index in [9.17, 15) is 18.0 Å². The van der Waals surface area contributed by atoms with Crippen LogP contribution in [0.1, 0.15) is 0 Å². The van der Waals surface area contributed by atoms with Crippen LogP contribution in [-0.2, 0) is 9.84 Å². The quantitative estimate of drug-likeness (QED) is 0.270. The van der Waals surface area contributed by atoms with E-state index in [0.717, 1.165) is 11.0 Å². The number of hydrogen-bond donors (Lipinski definition) is 4. The maximum atomic E-state index is 10.3. The average Bonchev–Trinajstić information content (AvgIpc) is 2.01. The molecule has 8 nitrogen and oxygen atoms in total. The van der Waals surface area contributed by atoms with E-state index in [1.54, 1.807) is 0 Å². The first kappa shape index (κ1) is 9.81. The molecule has 0 rings (SSSR count). The minimum Gasteiger partial charge on any atom is -0.288 e. The fourth-order valence-electron chi connectivity index (χ4n) is 0.204. The van der Waals surface area contributed by atoms with Crippen molar-refractivity contribution in [2.45, 2.75) is 0 Å². The molecule has 0 saturated carbocycles. The summed E-state index contributed by atoms with van der Waals surface area (Å²) >= 11 is 0. The summed E-state index contributed by atoms with van der Waals surface area (Å²) < 4.78 is 20.7. The number of hydroxylamine groups is 2. The Kier molecular flexibility index (Phi) is 2.92. The number of sulfone groups is 1. The molecule has 4 N–H and O–H groups in total. The van der Waals surface area contributed by atoms with Crippen LogP contribution in [0.25, 0.3) is 0 Å². The van der Waals surface area contributed by atoms with E-state index in [2.05, 4.69) is 0 Å². The maximum Gasteiger partial charge on any atom is 0.369 e. The van der Waals surface area contributed by atoms with Crippen molar-refractivity contribution in [2.75, 3.05) is 0 Å². The van der Waals surface area contributed by atoms with E-state index in [1.165, 1.54) is 0 Å². The molecular formula is C2H4N2O6S. The fraction of sp³-hybridized carbons (Fsp3) is 0. The first-order chi connectivity index (χ1) is 4.96. The third-order valence-corrected chi connectivity index (χ3v) is 1.83. The van der Waals surface area contributed by atoms with Crippen LogP contribution in [0.3, 0.4) is 0 Å². The molecule has 0 fully saturated rings. The van der Waals surface area contributed by atoms with Gasteiger partial charge < -0.3 is 0 Å². The van der Waals surface area contributed by atoms with Crippen LogP contribution >= 0.6 is 0 Å². The van der Waals surface area contributed by atoms with Gasteiger partial charge in [-0.25, -0.2) is 19.4 Å². The molecule has 0 aromatic carbocycles. The summed E-state index contributed by atoms with van der Waals surface area (Å²) in [5.41, 5.74) is 1.44. The molecule has 0 aromatic heterocycles. The molecule has 9 heteroatoms. The van der Waals surface area contributed by atoms with Gasteiger partial charge in [-0.1, -0.05) is 0 Å². The van der Waals surface area contributed by atoms with Crippen LogP contribution in [0.2, 0.25) is 0 Å². The van der Waals surface area contributed by atoms with Crippen molar-refractivity contribution < 1.29 is 28.4 Å². The fourth-order valence-corrected chi connectivity index (χ4v) is 0.613. The summed E-state index contributed by atoms with van der Waals surface area (Å²) in [6.45, 7) is 0. The van der Waals surface area contributed by atoms with Gasteiger partial charge in [0.25, 0.3) is 0 Å². The molecular weight excluding hydrogens is 180 g/mol. The van der Waals surface area contributed by atoms with Gasteiger partial charge in [-0.15, -0.1) is 0 Å². The summed E-state index contributed by atoms with van der Waals surface area (Å²) in [6.07, 6.45) is 0. The molecule has 0 aliphatic heterocycles. The van der Waals surface area contributed by atoms with E-state index in [-0.39, 0.29) is 0 Å². The van der Waals surface area contributed by atoms with E-state index in [4.69, 9.17) is 10.4 Å². The zero-order valence-corrected chi connectivity index (χ0v) is 5.75. The van der Waals surface area contributed by atoms with Crippen molar-refractivity contribution in [1.29, 1.82) is 0 Å². The van der Waals surface area contributed by atoms with Gasteiger partial charge in [0.05, 0.1) is 0 Å². The lowest BCUT2D eigenvalue weighted by Crippen LogP contribution is -2.37. The molecule has 11 heavy (non-hydrogen) atoms. The maximum absolute atomic E-state index is 10.3. The molecule has 0 aromatic rings. The first-order valence-corrected chi connectivity index (χ1v) is 3.58. The van der Waals surface area contributed by atoms with Crippen molar-refractivity contribution >= 4 is 20.3 Å². The van der Waals surface area contributed by atoms with Crippen molar-refractivity contribution in [3.05, 3.63) is 0 Å². The monoisotopic (exact) mass is 184 g/mol. The van der Waals surface area contributed by atoms with Gasteiger partial charge in [-0.3, -0.25) is 20.0 Å². The molecule has 0 aliphatic rings. The third kappa shape index (κ3) is 1.86. The largest absolute Gasteiger partial charge is 0.369 e. The lowest BCUT2D eigenvalue weighted by atomic mass is 11.4. The van der Waals surface area contributed by atoms with Crippen LogP contribution in [0.5, 0.6) is 0 Å². The highest BCUT2D eigenvalue weighted by Crippen LogP contribution is 1.91. The Balaban J connectivity index is 4.76. The summed E-state index contributed by atoms with van der Waals surface area (Å²) in [7, 11) is -4.84. The molecule has 0 radical (unpaired) electrons. The molecule has 0 bridgehead atoms. The minimum atomic E-state index is -4.84. The number of nitrogens with one attached hydrogen (secondary N) is 2. The Labute approximate surface area is 60.6 Å². The van der Waals surface area contributed by atoms with Crippen molar-refractivity contribution in [1.82, 2.24) is 11.0 Å². The number of amides is 2. The van der Waals surface area contributed by atoms with Gasteiger partial charge in [-0.2, -0.15) is 0 Å². The molecule has 0 spiro atoms. The normalized spacial score (nSPS) is 10.4. The van der Waals surface area contributed by atoms with Gasteiger partial charge in [0.1, 0.15) is 0 Å². The van der Waals surface area contributed by atoms with E-state index >= 15 is 0 Å². The highest BCUT2D eigenvalue weighted by Gasteiger charge is 2.30. The molecule has 0 atom stereocenters. The molecule has 0 unspecified atom stereocenters. The SMILES string of the molecule is O=C(NO)S(=O)(=O)C(=O)NO. The first-order valence-electron chi connectivity index (χ1n) is 2.10. The zero-order chi connectivity index (χ0) is 9.07. The predicted octanol–water partition coefficient (Wildman–Crippen LogP) is -1.40. The minimum absolute atomic E-state index is 0.722. The smallest absolute Gasteiger partial charge is 0.288 e. The topological polar surface area (TPSA) is 133 Å². The zero-order valence-electron chi connectivity index (χ0n) is 4.94. The van der Waals surface area contributed by atoms with Crippen LogP contribution in [0, 0.1) is 0 Å². The van der Waals surface area contributed by atoms with Crippen molar-refractivity contribution in [3.8, 4) is 0 Å². The van der Waals surface area contributed by atoms with E-state index in [1.807, 2.05) is 0 Å². The third-order valence-electron chi connectivity index (χ3n) is 0.671. The van der Waals surface area contributed by atoms with Crippen LogP contribution in [0.4, 0.5) is 9.59 Å². The Hall–Kier alpha value is -1.19.